The molecule has 1 saturated heterocycles. The lowest BCUT2D eigenvalue weighted by Gasteiger charge is -2.34. The molecular formula is C24H30FN5O2S. The van der Waals surface area contributed by atoms with Gasteiger partial charge in [-0.3, -0.25) is 14.6 Å². The van der Waals surface area contributed by atoms with Crippen LogP contribution in [-0.2, 0) is 9.59 Å². The Bertz CT molecular complexity index is 1090. The SMILES string of the molecule is CC(=O)N1CCN(C(=O)CC2CSC(c3cc4cc(F)cc(NC5CCCC5)c4[nH]3)=N2)CC1. The number of aliphatic imine (C=N–C) groups is 1. The van der Waals surface area contributed by atoms with Gasteiger partial charge in [0.05, 0.1) is 29.4 Å². The van der Waals surface area contributed by atoms with Crippen molar-refractivity contribution >= 4 is 45.2 Å². The number of hydrogen-bond donors (Lipinski definition) is 2. The highest BCUT2D eigenvalue weighted by atomic mass is 32.2. The number of nitrogens with zero attached hydrogens (tertiary/aromatic N) is 3. The third-order valence-electron chi connectivity index (χ3n) is 6.84. The molecule has 1 unspecified atom stereocenters. The van der Waals surface area contributed by atoms with E-state index in [0.717, 1.165) is 45.9 Å². The van der Waals surface area contributed by atoms with Crippen LogP contribution in [0, 0.1) is 5.82 Å². The average Bonchev–Trinajstić information content (AvgIpc) is 3.54. The molecule has 7 nitrogen and oxygen atoms in total. The van der Waals surface area contributed by atoms with E-state index in [1.165, 1.54) is 12.8 Å². The van der Waals surface area contributed by atoms with Crippen LogP contribution in [-0.4, -0.2) is 75.7 Å². The Kier molecular flexibility index (Phi) is 6.32. The van der Waals surface area contributed by atoms with E-state index in [2.05, 4.69) is 10.3 Å². The van der Waals surface area contributed by atoms with Gasteiger partial charge in [0, 0.05) is 50.3 Å². The van der Waals surface area contributed by atoms with Crippen molar-refractivity contribution in [2.24, 2.45) is 4.99 Å². The number of halogens is 1. The Morgan fingerprint density at radius 2 is 1.88 bits per heavy atom. The highest BCUT2D eigenvalue weighted by Gasteiger charge is 2.28. The molecule has 0 spiro atoms. The maximum Gasteiger partial charge on any atom is 0.224 e. The number of amides is 2. The van der Waals surface area contributed by atoms with Crippen LogP contribution in [0.15, 0.2) is 23.2 Å². The summed E-state index contributed by atoms with van der Waals surface area (Å²) < 4.78 is 14.3. The first-order valence-corrected chi connectivity index (χ1v) is 12.8. The summed E-state index contributed by atoms with van der Waals surface area (Å²) in [5.41, 5.74) is 2.59. The molecule has 2 fully saturated rings. The summed E-state index contributed by atoms with van der Waals surface area (Å²) in [6.07, 6.45) is 5.04. The molecule has 1 atom stereocenters. The maximum atomic E-state index is 14.3. The van der Waals surface area contributed by atoms with Crippen molar-refractivity contribution in [3.63, 3.8) is 0 Å². The van der Waals surface area contributed by atoms with Crippen molar-refractivity contribution in [2.45, 2.75) is 51.1 Å². The van der Waals surface area contributed by atoms with E-state index in [1.807, 2.05) is 11.0 Å². The van der Waals surface area contributed by atoms with Crippen LogP contribution in [0.4, 0.5) is 10.1 Å². The molecule has 2 N–H and O–H groups in total. The number of aromatic amines is 1. The van der Waals surface area contributed by atoms with Gasteiger partial charge in [0.15, 0.2) is 0 Å². The summed E-state index contributed by atoms with van der Waals surface area (Å²) in [6, 6.07) is 5.40. The molecule has 2 amide bonds. The van der Waals surface area contributed by atoms with E-state index in [4.69, 9.17) is 4.99 Å². The molecule has 33 heavy (non-hydrogen) atoms. The predicted octanol–water partition coefficient (Wildman–Crippen LogP) is 3.60. The molecule has 2 aromatic rings. The van der Waals surface area contributed by atoms with Gasteiger partial charge in [-0.15, -0.1) is 11.8 Å². The molecule has 9 heteroatoms. The molecule has 0 bridgehead atoms. The first kappa shape index (κ1) is 22.3. The molecule has 1 aromatic heterocycles. The summed E-state index contributed by atoms with van der Waals surface area (Å²) in [4.78, 5) is 36.1. The number of anilines is 1. The molecule has 1 aromatic carbocycles. The van der Waals surface area contributed by atoms with E-state index >= 15 is 0 Å². The Balaban J connectivity index is 1.26. The number of rotatable bonds is 5. The zero-order chi connectivity index (χ0) is 22.9. The first-order chi connectivity index (χ1) is 16.0. The fraction of sp³-hybridized carbons (Fsp3) is 0.542. The number of H-pyrrole nitrogens is 1. The van der Waals surface area contributed by atoms with Crippen LogP contribution in [0.1, 0.15) is 44.7 Å². The summed E-state index contributed by atoms with van der Waals surface area (Å²) >= 11 is 1.64. The van der Waals surface area contributed by atoms with Gasteiger partial charge in [-0.2, -0.15) is 0 Å². The number of piperazine rings is 1. The molecule has 3 heterocycles. The maximum absolute atomic E-state index is 14.3. The topological polar surface area (TPSA) is 80.8 Å². The van der Waals surface area contributed by atoms with Gasteiger partial charge in [0.25, 0.3) is 0 Å². The lowest BCUT2D eigenvalue weighted by atomic mass is 10.2. The highest BCUT2D eigenvalue weighted by molar-refractivity contribution is 8.14. The Morgan fingerprint density at radius 3 is 2.61 bits per heavy atom. The van der Waals surface area contributed by atoms with E-state index in [9.17, 15) is 14.0 Å². The van der Waals surface area contributed by atoms with Gasteiger partial charge in [-0.25, -0.2) is 4.39 Å². The third-order valence-corrected chi connectivity index (χ3v) is 7.99. The molecule has 0 radical (unpaired) electrons. The molecule has 1 saturated carbocycles. The quantitative estimate of drug-likeness (QED) is 0.698. The van der Waals surface area contributed by atoms with E-state index in [1.54, 1.807) is 35.7 Å². The number of nitrogens with one attached hydrogen (secondary N) is 2. The van der Waals surface area contributed by atoms with Gasteiger partial charge in [0.1, 0.15) is 10.9 Å². The van der Waals surface area contributed by atoms with Crippen molar-refractivity contribution in [3.8, 4) is 0 Å². The van der Waals surface area contributed by atoms with Crippen molar-refractivity contribution < 1.29 is 14.0 Å². The average molecular weight is 472 g/mol. The van der Waals surface area contributed by atoms with Crippen molar-refractivity contribution in [2.75, 3.05) is 37.2 Å². The first-order valence-electron chi connectivity index (χ1n) is 11.8. The number of benzene rings is 1. The number of carbonyl (C=O) groups excluding carboxylic acids is 2. The van der Waals surface area contributed by atoms with Crippen LogP contribution in [0.25, 0.3) is 10.9 Å². The zero-order valence-corrected chi connectivity index (χ0v) is 19.7. The Morgan fingerprint density at radius 1 is 1.15 bits per heavy atom. The summed E-state index contributed by atoms with van der Waals surface area (Å²) in [5.74, 6) is 0.660. The van der Waals surface area contributed by atoms with Crippen molar-refractivity contribution in [1.29, 1.82) is 0 Å². The summed E-state index contributed by atoms with van der Waals surface area (Å²) in [5, 5.41) is 5.22. The number of carbonyl (C=O) groups is 2. The molecule has 1 aliphatic carbocycles. The van der Waals surface area contributed by atoms with Crippen LogP contribution in [0.5, 0.6) is 0 Å². The van der Waals surface area contributed by atoms with Crippen molar-refractivity contribution in [3.05, 3.63) is 29.7 Å². The highest BCUT2D eigenvalue weighted by Crippen LogP contribution is 2.32. The standard InChI is InChI=1S/C24H30FN5O2S/c1-15(31)29-6-8-30(9-7-29)22(32)13-19-14-33-24(27-19)21-11-16-10-17(25)12-20(23(16)28-21)26-18-4-2-3-5-18/h10-12,18-19,26,28H,2-9,13-14H2,1H3. The van der Waals surface area contributed by atoms with E-state index in [-0.39, 0.29) is 23.7 Å². The van der Waals surface area contributed by atoms with Crippen LogP contribution in [0.3, 0.4) is 0 Å². The third kappa shape index (κ3) is 4.88. The summed E-state index contributed by atoms with van der Waals surface area (Å²) in [7, 11) is 0. The number of thioether (sulfide) groups is 1. The fourth-order valence-corrected chi connectivity index (χ4v) is 6.03. The second-order valence-electron chi connectivity index (χ2n) is 9.22. The lowest BCUT2D eigenvalue weighted by Crippen LogP contribution is -2.50. The minimum absolute atomic E-state index is 0.0587. The Labute approximate surface area is 197 Å². The molecule has 2 aliphatic heterocycles. The van der Waals surface area contributed by atoms with Crippen LogP contribution in [0.2, 0.25) is 0 Å². The smallest absolute Gasteiger partial charge is 0.224 e. The van der Waals surface area contributed by atoms with Crippen LogP contribution >= 0.6 is 11.8 Å². The van der Waals surface area contributed by atoms with Gasteiger partial charge in [-0.1, -0.05) is 12.8 Å². The zero-order valence-electron chi connectivity index (χ0n) is 18.9. The number of aromatic nitrogens is 1. The normalized spacial score (nSPS) is 21.6. The molecular weight excluding hydrogens is 441 g/mol. The van der Waals surface area contributed by atoms with E-state index in [0.29, 0.717) is 38.6 Å². The van der Waals surface area contributed by atoms with Gasteiger partial charge in [0.2, 0.25) is 11.8 Å². The molecule has 3 aliphatic rings. The van der Waals surface area contributed by atoms with Gasteiger partial charge < -0.3 is 20.1 Å². The van der Waals surface area contributed by atoms with Crippen LogP contribution < -0.4 is 5.32 Å². The molecule has 5 rings (SSSR count). The molecule has 176 valence electrons. The van der Waals surface area contributed by atoms with Gasteiger partial charge >= 0.3 is 0 Å². The lowest BCUT2D eigenvalue weighted by molar-refractivity contribution is -0.138. The fourth-order valence-electron chi connectivity index (χ4n) is 5.00. The van der Waals surface area contributed by atoms with Gasteiger partial charge in [-0.05, 0) is 31.0 Å². The minimum Gasteiger partial charge on any atom is -0.381 e. The Hall–Kier alpha value is -2.55. The summed E-state index contributed by atoms with van der Waals surface area (Å²) in [6.45, 7) is 3.92. The minimum atomic E-state index is -0.247. The number of fused-ring (bicyclic) bond motifs is 1. The second kappa shape index (κ2) is 9.37. The second-order valence-corrected chi connectivity index (χ2v) is 10.2. The van der Waals surface area contributed by atoms with E-state index < -0.39 is 0 Å². The monoisotopic (exact) mass is 471 g/mol. The van der Waals surface area contributed by atoms with Crippen molar-refractivity contribution in [1.82, 2.24) is 14.8 Å². The largest absolute Gasteiger partial charge is 0.381 e. The predicted molar refractivity (Wildman–Crippen MR) is 130 cm³/mol. The number of hydrogen-bond acceptors (Lipinski definition) is 5.